The van der Waals surface area contributed by atoms with Gasteiger partial charge in [0.05, 0.1) is 5.69 Å². The van der Waals surface area contributed by atoms with E-state index < -0.39 is 0 Å². The van der Waals surface area contributed by atoms with Gasteiger partial charge in [-0.15, -0.1) is 11.3 Å². The summed E-state index contributed by atoms with van der Waals surface area (Å²) in [4.78, 5) is 8.51. The molecule has 0 spiro atoms. The van der Waals surface area contributed by atoms with Gasteiger partial charge >= 0.3 is 0 Å². The van der Waals surface area contributed by atoms with Gasteiger partial charge in [0.1, 0.15) is 5.01 Å². The maximum Gasteiger partial charge on any atom is 0.107 e. The molecule has 0 amide bonds. The van der Waals surface area contributed by atoms with Gasteiger partial charge in [-0.25, -0.2) is 4.98 Å². The number of nitrogens with zero attached hydrogens (tertiary/aromatic N) is 2. The van der Waals surface area contributed by atoms with Crippen LogP contribution in [0.2, 0.25) is 0 Å². The largest absolute Gasteiger partial charge is 0.308 e. The molecule has 0 saturated carbocycles. The highest BCUT2D eigenvalue weighted by molar-refractivity contribution is 7.11. The van der Waals surface area contributed by atoms with Crippen LogP contribution in [-0.2, 0) is 19.5 Å². The third-order valence-electron chi connectivity index (χ3n) is 2.63. The normalized spacial score (nSPS) is 17.1. The van der Waals surface area contributed by atoms with Crippen molar-refractivity contribution in [2.75, 3.05) is 13.6 Å². The number of nitrogens with one attached hydrogen (secondary N) is 1. The summed E-state index contributed by atoms with van der Waals surface area (Å²) in [5.41, 5.74) is 1.33. The molecule has 0 bridgehead atoms. The first-order valence-corrected chi connectivity index (χ1v) is 6.36. The molecule has 2 rings (SSSR count). The molecular formula is C11H19N3S. The van der Waals surface area contributed by atoms with Crippen molar-refractivity contribution in [3.05, 3.63) is 15.6 Å². The maximum atomic E-state index is 4.69. The summed E-state index contributed by atoms with van der Waals surface area (Å²) in [5, 5.41) is 4.66. The molecule has 0 unspecified atom stereocenters. The Labute approximate surface area is 95.5 Å². The van der Waals surface area contributed by atoms with Crippen LogP contribution in [-0.4, -0.2) is 29.5 Å². The molecule has 0 fully saturated rings. The SMILES string of the molecule is CC(C)NCc1nc2c(s1)CN(C)CC2. The van der Waals surface area contributed by atoms with E-state index in [0.717, 1.165) is 26.1 Å². The number of hydrogen-bond acceptors (Lipinski definition) is 4. The van der Waals surface area contributed by atoms with E-state index in [1.54, 1.807) is 0 Å². The van der Waals surface area contributed by atoms with Crippen LogP contribution in [0.15, 0.2) is 0 Å². The van der Waals surface area contributed by atoms with Gasteiger partial charge in [0.25, 0.3) is 0 Å². The van der Waals surface area contributed by atoms with Crippen LogP contribution in [0.3, 0.4) is 0 Å². The minimum atomic E-state index is 0.536. The van der Waals surface area contributed by atoms with Crippen molar-refractivity contribution in [2.24, 2.45) is 0 Å². The lowest BCUT2D eigenvalue weighted by molar-refractivity contribution is 0.314. The molecule has 0 saturated heterocycles. The molecule has 15 heavy (non-hydrogen) atoms. The monoisotopic (exact) mass is 225 g/mol. The van der Waals surface area contributed by atoms with Gasteiger partial charge in [0.15, 0.2) is 0 Å². The highest BCUT2D eigenvalue weighted by Gasteiger charge is 2.17. The third-order valence-corrected chi connectivity index (χ3v) is 3.71. The highest BCUT2D eigenvalue weighted by atomic mass is 32.1. The highest BCUT2D eigenvalue weighted by Crippen LogP contribution is 2.24. The van der Waals surface area contributed by atoms with Crippen molar-refractivity contribution in [3.8, 4) is 0 Å². The van der Waals surface area contributed by atoms with E-state index in [9.17, 15) is 0 Å². The molecule has 84 valence electrons. The molecule has 0 aromatic carbocycles. The topological polar surface area (TPSA) is 28.2 Å². The second-order valence-electron chi connectivity index (χ2n) is 4.50. The Morgan fingerprint density at radius 1 is 1.53 bits per heavy atom. The fourth-order valence-corrected chi connectivity index (χ4v) is 2.89. The molecule has 0 radical (unpaired) electrons. The van der Waals surface area contributed by atoms with E-state index in [4.69, 9.17) is 0 Å². The second kappa shape index (κ2) is 4.60. The minimum absolute atomic E-state index is 0.536. The lowest BCUT2D eigenvalue weighted by atomic mass is 10.2. The van der Waals surface area contributed by atoms with E-state index >= 15 is 0 Å². The van der Waals surface area contributed by atoms with Gasteiger partial charge in [-0.1, -0.05) is 13.8 Å². The molecule has 0 atom stereocenters. The van der Waals surface area contributed by atoms with Crippen LogP contribution >= 0.6 is 11.3 Å². The quantitative estimate of drug-likeness (QED) is 0.847. The second-order valence-corrected chi connectivity index (χ2v) is 5.67. The van der Waals surface area contributed by atoms with Crippen molar-refractivity contribution in [2.45, 2.75) is 39.4 Å². The Morgan fingerprint density at radius 2 is 2.33 bits per heavy atom. The van der Waals surface area contributed by atoms with E-state index in [-0.39, 0.29) is 0 Å². The summed E-state index contributed by atoms with van der Waals surface area (Å²) in [5.74, 6) is 0. The molecule has 1 N–H and O–H groups in total. The number of fused-ring (bicyclic) bond motifs is 1. The Morgan fingerprint density at radius 3 is 3.07 bits per heavy atom. The minimum Gasteiger partial charge on any atom is -0.308 e. The fraction of sp³-hybridized carbons (Fsp3) is 0.727. The van der Waals surface area contributed by atoms with Gasteiger partial charge in [-0.05, 0) is 7.05 Å². The molecule has 0 aliphatic carbocycles. The van der Waals surface area contributed by atoms with Crippen molar-refractivity contribution in [1.29, 1.82) is 0 Å². The van der Waals surface area contributed by atoms with Crippen molar-refractivity contribution in [1.82, 2.24) is 15.2 Å². The van der Waals surface area contributed by atoms with Crippen LogP contribution < -0.4 is 5.32 Å². The summed E-state index contributed by atoms with van der Waals surface area (Å²) in [6, 6.07) is 0.536. The van der Waals surface area contributed by atoms with Gasteiger partial charge in [-0.3, -0.25) is 0 Å². The lowest BCUT2D eigenvalue weighted by Gasteiger charge is -2.20. The maximum absolute atomic E-state index is 4.69. The van der Waals surface area contributed by atoms with E-state index in [0.29, 0.717) is 6.04 Å². The van der Waals surface area contributed by atoms with Gasteiger partial charge in [-0.2, -0.15) is 0 Å². The molecule has 1 aromatic heterocycles. The predicted octanol–water partition coefficient (Wildman–Crippen LogP) is 1.63. The van der Waals surface area contributed by atoms with Gasteiger partial charge in [0.2, 0.25) is 0 Å². The van der Waals surface area contributed by atoms with Crippen LogP contribution in [0, 0.1) is 0 Å². The molecular weight excluding hydrogens is 206 g/mol. The number of thiazole rings is 1. The van der Waals surface area contributed by atoms with Crippen LogP contribution in [0.5, 0.6) is 0 Å². The Hall–Kier alpha value is -0.450. The molecule has 4 heteroatoms. The van der Waals surface area contributed by atoms with Crippen LogP contribution in [0.1, 0.15) is 29.4 Å². The zero-order chi connectivity index (χ0) is 10.8. The van der Waals surface area contributed by atoms with Gasteiger partial charge in [0, 0.05) is 37.0 Å². The Kier molecular flexibility index (Phi) is 3.38. The summed E-state index contributed by atoms with van der Waals surface area (Å²) < 4.78 is 0. The summed E-state index contributed by atoms with van der Waals surface area (Å²) in [6.07, 6.45) is 1.12. The number of hydrogen-bond donors (Lipinski definition) is 1. The fourth-order valence-electron chi connectivity index (χ4n) is 1.74. The lowest BCUT2D eigenvalue weighted by Crippen LogP contribution is -2.25. The zero-order valence-electron chi connectivity index (χ0n) is 9.71. The molecule has 1 aliphatic rings. The standard InChI is InChI=1S/C11H19N3S/c1-8(2)12-6-11-13-9-4-5-14(3)7-10(9)15-11/h8,12H,4-7H2,1-3H3. The van der Waals surface area contributed by atoms with E-state index in [1.165, 1.54) is 15.6 Å². The van der Waals surface area contributed by atoms with Crippen molar-refractivity contribution >= 4 is 11.3 Å². The molecule has 2 heterocycles. The Balaban J connectivity index is 2.03. The first-order chi connectivity index (χ1) is 7.15. The predicted molar refractivity (Wildman–Crippen MR) is 64.1 cm³/mol. The summed E-state index contributed by atoms with van der Waals surface area (Å²) in [7, 11) is 2.18. The van der Waals surface area contributed by atoms with Crippen molar-refractivity contribution in [3.63, 3.8) is 0 Å². The van der Waals surface area contributed by atoms with Gasteiger partial charge < -0.3 is 10.2 Å². The van der Waals surface area contributed by atoms with Crippen molar-refractivity contribution < 1.29 is 0 Å². The molecule has 1 aliphatic heterocycles. The van der Waals surface area contributed by atoms with E-state index in [2.05, 4.69) is 36.1 Å². The number of rotatable bonds is 3. The van der Waals surface area contributed by atoms with E-state index in [1.807, 2.05) is 11.3 Å². The Bertz CT molecular complexity index is 333. The first-order valence-electron chi connectivity index (χ1n) is 5.54. The smallest absolute Gasteiger partial charge is 0.107 e. The average molecular weight is 225 g/mol. The third kappa shape index (κ3) is 2.77. The summed E-state index contributed by atoms with van der Waals surface area (Å²) in [6.45, 7) is 7.48. The molecule has 1 aromatic rings. The molecule has 3 nitrogen and oxygen atoms in total. The zero-order valence-corrected chi connectivity index (χ0v) is 10.5. The van der Waals surface area contributed by atoms with Crippen LogP contribution in [0.25, 0.3) is 0 Å². The number of likely N-dealkylation sites (N-methyl/N-ethyl adjacent to an activating group) is 1. The number of aromatic nitrogens is 1. The first kappa shape index (κ1) is 11.0. The average Bonchev–Trinajstić information content (AvgIpc) is 2.56. The summed E-state index contributed by atoms with van der Waals surface area (Å²) >= 11 is 1.87. The van der Waals surface area contributed by atoms with Crippen LogP contribution in [0.4, 0.5) is 0 Å².